The fraction of sp³-hybridized carbons (Fsp3) is 0.250. The molecule has 0 aliphatic rings. The minimum atomic E-state index is -1.12. The van der Waals surface area contributed by atoms with Crippen molar-refractivity contribution in [3.8, 4) is 5.75 Å². The third-order valence-electron chi connectivity index (χ3n) is 4.91. The first-order chi connectivity index (χ1) is 12.7. The number of hydrogen-bond donors (Lipinski definition) is 1. The molecule has 0 aromatic heterocycles. The smallest absolute Gasteiger partial charge is 0.121 e. The van der Waals surface area contributed by atoms with Crippen molar-refractivity contribution in [2.24, 2.45) is 0 Å². The summed E-state index contributed by atoms with van der Waals surface area (Å²) in [7, 11) is 0. The molecule has 0 saturated carbocycles. The van der Waals surface area contributed by atoms with Gasteiger partial charge in [0.15, 0.2) is 0 Å². The van der Waals surface area contributed by atoms with E-state index >= 15 is 0 Å². The minimum absolute atomic E-state index is 0.103. The highest BCUT2D eigenvalue weighted by Crippen LogP contribution is 2.42. The largest absolute Gasteiger partial charge is 0.494 e. The maximum absolute atomic E-state index is 11.9. The monoisotopic (exact) mass is 346 g/mol. The van der Waals surface area contributed by atoms with Crippen molar-refractivity contribution in [1.29, 1.82) is 0 Å². The van der Waals surface area contributed by atoms with Gasteiger partial charge in [-0.15, -0.1) is 0 Å². The molecule has 0 radical (unpaired) electrons. The summed E-state index contributed by atoms with van der Waals surface area (Å²) in [4.78, 5) is 0. The van der Waals surface area contributed by atoms with Gasteiger partial charge in [0.05, 0.1) is 6.61 Å². The second-order valence-electron chi connectivity index (χ2n) is 6.64. The number of rotatable bonds is 7. The Hall–Kier alpha value is -2.58. The Bertz CT molecular complexity index is 797. The van der Waals surface area contributed by atoms with Crippen LogP contribution >= 0.6 is 0 Å². The summed E-state index contributed by atoms with van der Waals surface area (Å²) >= 11 is 0. The van der Waals surface area contributed by atoms with Crippen molar-refractivity contribution in [2.75, 3.05) is 6.61 Å². The zero-order valence-corrected chi connectivity index (χ0v) is 15.4. The average molecular weight is 346 g/mol. The van der Waals surface area contributed by atoms with Crippen molar-refractivity contribution in [1.82, 2.24) is 0 Å². The number of ether oxygens (including phenoxy) is 1. The molecule has 0 amide bonds. The van der Waals surface area contributed by atoms with Crippen molar-refractivity contribution in [2.45, 2.75) is 31.8 Å². The zero-order chi connectivity index (χ0) is 18.4. The van der Waals surface area contributed by atoms with E-state index in [2.05, 4.69) is 26.0 Å². The predicted octanol–water partition coefficient (Wildman–Crippen LogP) is 5.52. The van der Waals surface area contributed by atoms with Crippen molar-refractivity contribution >= 4 is 0 Å². The number of hydrogen-bond acceptors (Lipinski definition) is 2. The molecule has 2 nitrogen and oxygen atoms in total. The minimum Gasteiger partial charge on any atom is -0.494 e. The highest BCUT2D eigenvalue weighted by Gasteiger charge is 2.38. The third-order valence-corrected chi connectivity index (χ3v) is 4.91. The molecule has 0 aliphatic heterocycles. The van der Waals surface area contributed by atoms with Gasteiger partial charge in [-0.1, -0.05) is 86.6 Å². The molecule has 0 heterocycles. The van der Waals surface area contributed by atoms with Gasteiger partial charge in [0, 0.05) is 5.92 Å². The van der Waals surface area contributed by atoms with Crippen LogP contribution in [0.15, 0.2) is 84.9 Å². The maximum Gasteiger partial charge on any atom is 0.121 e. The van der Waals surface area contributed by atoms with E-state index in [0.29, 0.717) is 6.61 Å². The van der Waals surface area contributed by atoms with Crippen molar-refractivity contribution in [3.63, 3.8) is 0 Å². The highest BCUT2D eigenvalue weighted by atomic mass is 16.5. The Kier molecular flexibility index (Phi) is 5.75. The lowest BCUT2D eigenvalue weighted by Crippen LogP contribution is -2.33. The summed E-state index contributed by atoms with van der Waals surface area (Å²) in [5.74, 6) is 0.729. The van der Waals surface area contributed by atoms with Crippen molar-refractivity contribution in [3.05, 3.63) is 102 Å². The van der Waals surface area contributed by atoms with Crippen LogP contribution in [0.5, 0.6) is 5.75 Å². The molecule has 0 aliphatic carbocycles. The van der Waals surface area contributed by atoms with E-state index in [4.69, 9.17) is 4.74 Å². The van der Waals surface area contributed by atoms with E-state index in [9.17, 15) is 5.11 Å². The van der Waals surface area contributed by atoms with E-state index in [1.165, 1.54) is 0 Å². The summed E-state index contributed by atoms with van der Waals surface area (Å²) in [5, 5.41) is 11.9. The van der Waals surface area contributed by atoms with Crippen LogP contribution in [0, 0.1) is 0 Å². The SMILES string of the molecule is CCCOc1ccc(C(O)(c2ccccc2)C(C)c2ccccc2)cc1. The standard InChI is InChI=1S/C24H26O2/c1-3-18-26-23-16-14-22(15-17-23)24(25,21-12-8-5-9-13-21)19(2)20-10-6-4-7-11-20/h4-17,19,25H,3,18H2,1-2H3. The van der Waals surface area contributed by atoms with Gasteiger partial charge < -0.3 is 9.84 Å². The predicted molar refractivity (Wildman–Crippen MR) is 107 cm³/mol. The molecule has 1 N–H and O–H groups in total. The van der Waals surface area contributed by atoms with E-state index in [-0.39, 0.29) is 5.92 Å². The molecule has 0 spiro atoms. The van der Waals surface area contributed by atoms with Gasteiger partial charge in [0.1, 0.15) is 11.4 Å². The lowest BCUT2D eigenvalue weighted by atomic mass is 9.74. The molecule has 2 unspecified atom stereocenters. The zero-order valence-electron chi connectivity index (χ0n) is 15.4. The Morgan fingerprint density at radius 1 is 0.808 bits per heavy atom. The summed E-state index contributed by atoms with van der Waals surface area (Å²) in [6, 6.07) is 27.9. The summed E-state index contributed by atoms with van der Waals surface area (Å²) in [6.07, 6.45) is 0.973. The van der Waals surface area contributed by atoms with Gasteiger partial charge in [-0.05, 0) is 35.2 Å². The quantitative estimate of drug-likeness (QED) is 0.611. The lowest BCUT2D eigenvalue weighted by Gasteiger charge is -2.36. The second kappa shape index (κ2) is 8.20. The van der Waals surface area contributed by atoms with Crippen LogP contribution in [0.4, 0.5) is 0 Å². The van der Waals surface area contributed by atoms with Gasteiger partial charge in [-0.2, -0.15) is 0 Å². The van der Waals surface area contributed by atoms with Crippen LogP contribution in [0.2, 0.25) is 0 Å². The van der Waals surface area contributed by atoms with Crippen molar-refractivity contribution < 1.29 is 9.84 Å². The topological polar surface area (TPSA) is 29.5 Å². The molecule has 0 fully saturated rings. The maximum atomic E-state index is 11.9. The molecular weight excluding hydrogens is 320 g/mol. The van der Waals surface area contributed by atoms with Crippen LogP contribution in [-0.4, -0.2) is 11.7 Å². The Morgan fingerprint density at radius 2 is 1.35 bits per heavy atom. The highest BCUT2D eigenvalue weighted by molar-refractivity contribution is 5.43. The molecule has 2 atom stereocenters. The van der Waals surface area contributed by atoms with Gasteiger partial charge in [-0.25, -0.2) is 0 Å². The van der Waals surface area contributed by atoms with Crippen LogP contribution < -0.4 is 4.74 Å². The lowest BCUT2D eigenvalue weighted by molar-refractivity contribution is 0.0554. The number of aliphatic hydroxyl groups is 1. The molecule has 2 heteroatoms. The Labute approximate surface area is 156 Å². The Morgan fingerprint density at radius 3 is 1.92 bits per heavy atom. The molecule has 3 aromatic carbocycles. The molecule has 0 bridgehead atoms. The summed E-state index contributed by atoms with van der Waals surface area (Å²) in [5.41, 5.74) is 1.74. The first-order valence-corrected chi connectivity index (χ1v) is 9.22. The van der Waals surface area contributed by atoms with E-state index in [0.717, 1.165) is 28.9 Å². The van der Waals surface area contributed by atoms with E-state index < -0.39 is 5.60 Å². The van der Waals surface area contributed by atoms with Crippen LogP contribution in [0.25, 0.3) is 0 Å². The van der Waals surface area contributed by atoms with E-state index in [1.807, 2.05) is 72.8 Å². The van der Waals surface area contributed by atoms with Gasteiger partial charge >= 0.3 is 0 Å². The normalized spacial score (nSPS) is 14.4. The number of benzene rings is 3. The molecule has 26 heavy (non-hydrogen) atoms. The first kappa shape index (κ1) is 18.2. The summed E-state index contributed by atoms with van der Waals surface area (Å²) < 4.78 is 5.69. The molecular formula is C24H26O2. The Balaban J connectivity index is 2.04. The second-order valence-corrected chi connectivity index (χ2v) is 6.64. The third kappa shape index (κ3) is 3.66. The van der Waals surface area contributed by atoms with Crippen LogP contribution in [-0.2, 0) is 5.60 Å². The van der Waals surface area contributed by atoms with Gasteiger partial charge in [0.25, 0.3) is 0 Å². The van der Waals surface area contributed by atoms with Crippen LogP contribution in [0.1, 0.15) is 42.9 Å². The fourth-order valence-corrected chi connectivity index (χ4v) is 3.37. The van der Waals surface area contributed by atoms with Crippen LogP contribution in [0.3, 0.4) is 0 Å². The molecule has 3 rings (SSSR count). The fourth-order valence-electron chi connectivity index (χ4n) is 3.37. The molecule has 3 aromatic rings. The van der Waals surface area contributed by atoms with E-state index in [1.54, 1.807) is 0 Å². The van der Waals surface area contributed by atoms with Gasteiger partial charge in [0.2, 0.25) is 0 Å². The summed E-state index contributed by atoms with van der Waals surface area (Å²) in [6.45, 7) is 4.86. The molecule has 0 saturated heterocycles. The average Bonchev–Trinajstić information content (AvgIpc) is 2.72. The van der Waals surface area contributed by atoms with Gasteiger partial charge in [-0.3, -0.25) is 0 Å². The first-order valence-electron chi connectivity index (χ1n) is 9.22. The molecule has 134 valence electrons.